The molecule has 0 saturated carbocycles. The van der Waals surface area contributed by atoms with Gasteiger partial charge in [-0.05, 0) is 42.0 Å². The molecular formula is C21H18F2N2O7. The van der Waals surface area contributed by atoms with E-state index in [0.717, 1.165) is 0 Å². The maximum atomic E-state index is 12.5. The molecule has 9 nitrogen and oxygen atoms in total. The van der Waals surface area contributed by atoms with Gasteiger partial charge < -0.3 is 29.4 Å². The highest BCUT2D eigenvalue weighted by molar-refractivity contribution is 6.13. The number of cyclic esters (lactones) is 1. The Morgan fingerprint density at radius 3 is 2.44 bits per heavy atom. The highest BCUT2D eigenvalue weighted by Crippen LogP contribution is 2.32. The Balaban J connectivity index is 1.86. The summed E-state index contributed by atoms with van der Waals surface area (Å²) in [5.41, 5.74) is 5.94. The Morgan fingerprint density at radius 1 is 1.09 bits per heavy atom. The van der Waals surface area contributed by atoms with E-state index in [4.69, 9.17) is 24.7 Å². The molecule has 0 saturated heterocycles. The molecule has 168 valence electrons. The predicted molar refractivity (Wildman–Crippen MR) is 108 cm³/mol. The third-order valence-corrected chi connectivity index (χ3v) is 4.11. The van der Waals surface area contributed by atoms with E-state index >= 15 is 0 Å². The van der Waals surface area contributed by atoms with Crippen LogP contribution in [0.4, 0.5) is 8.78 Å². The molecule has 32 heavy (non-hydrogen) atoms. The monoisotopic (exact) mass is 448 g/mol. The van der Waals surface area contributed by atoms with E-state index in [9.17, 15) is 18.4 Å². The number of primary amides is 1. The number of amides is 1. The second-order valence-corrected chi connectivity index (χ2v) is 6.25. The predicted octanol–water partition coefficient (Wildman–Crippen LogP) is 2.51. The first-order valence-corrected chi connectivity index (χ1v) is 9.05. The number of hydrogen-bond acceptors (Lipinski definition) is 8. The fraction of sp³-hybridized carbons (Fsp3) is 0.190. The minimum absolute atomic E-state index is 0.000249. The van der Waals surface area contributed by atoms with E-state index in [1.165, 1.54) is 38.5 Å². The molecular weight excluding hydrogens is 430 g/mol. The van der Waals surface area contributed by atoms with Crippen molar-refractivity contribution in [1.82, 2.24) is 0 Å². The van der Waals surface area contributed by atoms with Crippen molar-refractivity contribution >= 4 is 23.9 Å². The maximum Gasteiger partial charge on any atom is 0.387 e. The summed E-state index contributed by atoms with van der Waals surface area (Å²) in [4.78, 5) is 27.3. The molecule has 2 N–H and O–H groups in total. The SMILES string of the molecule is COc1cc(/C=C2\N=C(c3ccc(OC(F)F)c(OC)c3)OC2=O)ccc1OCC(N)=O. The number of nitrogens with two attached hydrogens (primary N) is 1. The van der Waals surface area contributed by atoms with E-state index < -0.39 is 18.5 Å². The fourth-order valence-corrected chi connectivity index (χ4v) is 2.73. The lowest BCUT2D eigenvalue weighted by Gasteiger charge is -2.10. The first kappa shape index (κ1) is 22.5. The molecule has 1 heterocycles. The molecule has 2 aromatic rings. The number of carbonyl (C=O) groups is 2. The Hall–Kier alpha value is -4.15. The standard InChI is InChI=1S/C21H18F2N2O7/c1-28-16-8-11(3-5-14(16)30-10-18(24)26)7-13-20(27)32-19(25-13)12-4-6-15(31-21(22)23)17(9-12)29-2/h3-9,21H,10H2,1-2H3,(H2,24,26)/b13-7-. The number of ether oxygens (including phenoxy) is 5. The summed E-state index contributed by atoms with van der Waals surface area (Å²) < 4.78 is 50.1. The van der Waals surface area contributed by atoms with Crippen molar-refractivity contribution < 1.29 is 42.1 Å². The molecule has 0 spiro atoms. The summed E-state index contributed by atoms with van der Waals surface area (Å²) in [7, 11) is 2.70. The van der Waals surface area contributed by atoms with Crippen molar-refractivity contribution in [2.24, 2.45) is 10.7 Å². The topological polar surface area (TPSA) is 119 Å². The van der Waals surface area contributed by atoms with Gasteiger partial charge in [-0.2, -0.15) is 8.78 Å². The number of hydrogen-bond donors (Lipinski definition) is 1. The Morgan fingerprint density at radius 2 is 1.78 bits per heavy atom. The molecule has 11 heteroatoms. The molecule has 0 aliphatic carbocycles. The number of carbonyl (C=O) groups excluding carboxylic acids is 2. The van der Waals surface area contributed by atoms with Crippen molar-refractivity contribution in [3.63, 3.8) is 0 Å². The highest BCUT2D eigenvalue weighted by Gasteiger charge is 2.25. The van der Waals surface area contributed by atoms with Crippen molar-refractivity contribution in [2.45, 2.75) is 6.61 Å². The van der Waals surface area contributed by atoms with Gasteiger partial charge in [0, 0.05) is 5.56 Å². The molecule has 0 radical (unpaired) electrons. The average molecular weight is 448 g/mol. The molecule has 2 aromatic carbocycles. The first-order valence-electron chi connectivity index (χ1n) is 9.05. The molecule has 0 bridgehead atoms. The zero-order valence-electron chi connectivity index (χ0n) is 17.0. The summed E-state index contributed by atoms with van der Waals surface area (Å²) in [6, 6.07) is 8.76. The summed E-state index contributed by atoms with van der Waals surface area (Å²) >= 11 is 0. The van der Waals surface area contributed by atoms with Gasteiger partial charge >= 0.3 is 12.6 Å². The van der Waals surface area contributed by atoms with Gasteiger partial charge in [-0.1, -0.05) is 6.07 Å². The van der Waals surface area contributed by atoms with Crippen molar-refractivity contribution in [2.75, 3.05) is 20.8 Å². The van der Waals surface area contributed by atoms with Crippen LogP contribution in [-0.4, -0.2) is 45.2 Å². The fourth-order valence-electron chi connectivity index (χ4n) is 2.73. The lowest BCUT2D eigenvalue weighted by atomic mass is 10.1. The average Bonchev–Trinajstić information content (AvgIpc) is 3.12. The van der Waals surface area contributed by atoms with E-state index in [-0.39, 0.29) is 29.7 Å². The second kappa shape index (κ2) is 9.77. The van der Waals surface area contributed by atoms with Gasteiger partial charge in [0.25, 0.3) is 5.91 Å². The van der Waals surface area contributed by atoms with Crippen LogP contribution in [0.5, 0.6) is 23.0 Å². The molecule has 0 atom stereocenters. The minimum Gasteiger partial charge on any atom is -0.493 e. The van der Waals surface area contributed by atoms with Crippen LogP contribution in [0.25, 0.3) is 6.08 Å². The second-order valence-electron chi connectivity index (χ2n) is 6.25. The molecule has 0 unspecified atom stereocenters. The number of rotatable bonds is 9. The number of nitrogens with zero attached hydrogens (tertiary/aromatic N) is 1. The molecule has 1 amide bonds. The van der Waals surface area contributed by atoms with Crippen molar-refractivity contribution in [1.29, 1.82) is 0 Å². The van der Waals surface area contributed by atoms with Gasteiger partial charge in [-0.25, -0.2) is 9.79 Å². The molecule has 0 fully saturated rings. The Labute approximate surface area is 181 Å². The van der Waals surface area contributed by atoms with Gasteiger partial charge in [-0.15, -0.1) is 0 Å². The maximum absolute atomic E-state index is 12.5. The smallest absolute Gasteiger partial charge is 0.387 e. The van der Waals surface area contributed by atoms with Crippen LogP contribution < -0.4 is 24.7 Å². The Kier molecular flexibility index (Phi) is 6.88. The molecule has 1 aliphatic rings. The van der Waals surface area contributed by atoms with Crippen LogP contribution in [0, 0.1) is 0 Å². The third-order valence-electron chi connectivity index (χ3n) is 4.11. The number of alkyl halides is 2. The lowest BCUT2D eigenvalue weighted by molar-refractivity contribution is -0.130. The third kappa shape index (κ3) is 5.31. The quantitative estimate of drug-likeness (QED) is 0.463. The van der Waals surface area contributed by atoms with Gasteiger partial charge in [0.15, 0.2) is 35.3 Å². The van der Waals surface area contributed by atoms with Crippen LogP contribution in [0.15, 0.2) is 47.1 Å². The van der Waals surface area contributed by atoms with Gasteiger partial charge in [0.2, 0.25) is 5.90 Å². The number of halogens is 2. The van der Waals surface area contributed by atoms with E-state index in [0.29, 0.717) is 22.6 Å². The first-order chi connectivity index (χ1) is 15.3. The van der Waals surface area contributed by atoms with E-state index in [1.54, 1.807) is 18.2 Å². The summed E-state index contributed by atoms with van der Waals surface area (Å²) in [6.45, 7) is -3.34. The number of aliphatic imine (C=N–C) groups is 1. The highest BCUT2D eigenvalue weighted by atomic mass is 19.3. The van der Waals surface area contributed by atoms with E-state index in [1.807, 2.05) is 0 Å². The van der Waals surface area contributed by atoms with Crippen LogP contribution in [-0.2, 0) is 14.3 Å². The normalized spacial score (nSPS) is 14.2. The number of benzene rings is 2. The van der Waals surface area contributed by atoms with Gasteiger partial charge in [-0.3, -0.25) is 4.79 Å². The minimum atomic E-state index is -3.02. The molecule has 0 aromatic heterocycles. The molecule has 3 rings (SSSR count). The summed E-state index contributed by atoms with van der Waals surface area (Å²) in [5, 5.41) is 0. The van der Waals surface area contributed by atoms with Gasteiger partial charge in [0.1, 0.15) is 0 Å². The van der Waals surface area contributed by atoms with Crippen molar-refractivity contribution in [3.8, 4) is 23.0 Å². The number of methoxy groups -OCH3 is 2. The lowest BCUT2D eigenvalue weighted by Crippen LogP contribution is -2.20. The van der Waals surface area contributed by atoms with Gasteiger partial charge in [0.05, 0.1) is 14.2 Å². The van der Waals surface area contributed by atoms with Crippen LogP contribution >= 0.6 is 0 Å². The van der Waals surface area contributed by atoms with Crippen molar-refractivity contribution in [3.05, 3.63) is 53.2 Å². The van der Waals surface area contributed by atoms with Crippen LogP contribution in [0.3, 0.4) is 0 Å². The zero-order chi connectivity index (χ0) is 23.3. The number of esters is 1. The van der Waals surface area contributed by atoms with E-state index in [2.05, 4.69) is 9.73 Å². The summed E-state index contributed by atoms with van der Waals surface area (Å²) in [5.74, 6) is -0.913. The summed E-state index contributed by atoms with van der Waals surface area (Å²) in [6.07, 6.45) is 1.46. The largest absolute Gasteiger partial charge is 0.493 e. The van der Waals surface area contributed by atoms with Crippen LogP contribution in [0.1, 0.15) is 11.1 Å². The van der Waals surface area contributed by atoms with Crippen LogP contribution in [0.2, 0.25) is 0 Å². The Bertz CT molecular complexity index is 1100. The molecule has 1 aliphatic heterocycles. The zero-order valence-corrected chi connectivity index (χ0v) is 17.0.